The van der Waals surface area contributed by atoms with Crippen LogP contribution in [-0.4, -0.2) is 50.6 Å². The molecular formula is C19H30NaO5S. The molecular weight excluding hydrogens is 363 g/mol. The molecule has 1 aromatic rings. The third kappa shape index (κ3) is 12.9. The summed E-state index contributed by atoms with van der Waals surface area (Å²) in [4.78, 5) is 11.7. The first-order chi connectivity index (χ1) is 12.0. The fourth-order valence-electron chi connectivity index (χ4n) is 2.49. The first-order valence-electron chi connectivity index (χ1n) is 9.23. The molecule has 0 atom stereocenters. The van der Waals surface area contributed by atoms with Crippen molar-refractivity contribution in [2.24, 2.45) is 0 Å². The number of benzene rings is 1. The maximum absolute atomic E-state index is 11.7. The van der Waals surface area contributed by atoms with Gasteiger partial charge in [0.2, 0.25) is 0 Å². The fraction of sp³-hybridized carbons (Fsp3) is 0.632. The zero-order valence-corrected chi connectivity index (χ0v) is 18.9. The molecule has 5 nitrogen and oxygen atoms in total. The minimum atomic E-state index is -4.29. The predicted molar refractivity (Wildman–Crippen MR) is 104 cm³/mol. The Kier molecular flexibility index (Phi) is 15.4. The molecule has 1 radical (unpaired) electrons. The van der Waals surface area contributed by atoms with Gasteiger partial charge < -0.3 is 4.18 Å². The first kappa shape index (κ1) is 25.6. The molecule has 0 aromatic heterocycles. The van der Waals surface area contributed by atoms with Gasteiger partial charge in [-0.15, -0.1) is 0 Å². The van der Waals surface area contributed by atoms with Crippen LogP contribution in [0.4, 0.5) is 0 Å². The molecule has 0 aliphatic heterocycles. The summed E-state index contributed by atoms with van der Waals surface area (Å²) < 4.78 is 32.4. The fourth-order valence-corrected chi connectivity index (χ4v) is 3.14. The predicted octanol–water partition coefficient (Wildman–Crippen LogP) is 4.64. The largest absolute Gasteiger partial charge is 0.451 e. The maximum Gasteiger partial charge on any atom is 0.451 e. The van der Waals surface area contributed by atoms with Crippen molar-refractivity contribution in [2.45, 2.75) is 71.1 Å². The molecule has 0 amide bonds. The van der Waals surface area contributed by atoms with Crippen LogP contribution in [0.15, 0.2) is 30.3 Å². The molecule has 0 saturated carbocycles. The van der Waals surface area contributed by atoms with Crippen LogP contribution in [0, 0.1) is 0 Å². The van der Waals surface area contributed by atoms with Crippen LogP contribution < -0.4 is 0 Å². The molecule has 0 bridgehead atoms. The molecule has 0 N–H and O–H groups in total. The van der Waals surface area contributed by atoms with Crippen molar-refractivity contribution in [3.63, 3.8) is 0 Å². The first-order valence-corrected chi connectivity index (χ1v) is 10.6. The number of carbonyl (C=O) groups excluding carboxylic acids is 1. The van der Waals surface area contributed by atoms with Gasteiger partial charge in [-0.05, 0) is 18.6 Å². The molecule has 143 valence electrons. The van der Waals surface area contributed by atoms with E-state index in [9.17, 15) is 13.2 Å². The van der Waals surface area contributed by atoms with E-state index >= 15 is 0 Å². The Balaban J connectivity index is 0.00000625. The zero-order chi connectivity index (χ0) is 18.4. The van der Waals surface area contributed by atoms with E-state index in [1.54, 1.807) is 18.2 Å². The molecule has 1 rings (SSSR count). The van der Waals surface area contributed by atoms with E-state index in [1.165, 1.54) is 57.1 Å². The van der Waals surface area contributed by atoms with Crippen molar-refractivity contribution in [3.8, 4) is 0 Å². The van der Waals surface area contributed by atoms with Crippen LogP contribution in [0.1, 0.15) is 81.5 Å². The average molecular weight is 394 g/mol. The van der Waals surface area contributed by atoms with Crippen molar-refractivity contribution in [3.05, 3.63) is 35.9 Å². The third-order valence-electron chi connectivity index (χ3n) is 3.91. The summed E-state index contributed by atoms with van der Waals surface area (Å²) in [6.07, 6.45) is 11.5. The number of carbonyl (C=O) groups is 1. The Morgan fingerprint density at radius 1 is 0.846 bits per heavy atom. The molecule has 7 heteroatoms. The smallest absolute Gasteiger partial charge is 0.320 e. The number of hydrogen-bond donors (Lipinski definition) is 0. The Labute approximate surface area is 180 Å². The summed E-state index contributed by atoms with van der Waals surface area (Å²) in [6.45, 7) is 2.26. The van der Waals surface area contributed by atoms with Crippen LogP contribution >= 0.6 is 0 Å². The van der Waals surface area contributed by atoms with Gasteiger partial charge >= 0.3 is 16.4 Å². The van der Waals surface area contributed by atoms with Crippen molar-refractivity contribution >= 4 is 45.9 Å². The third-order valence-corrected chi connectivity index (χ3v) is 4.72. The van der Waals surface area contributed by atoms with Gasteiger partial charge in [-0.1, -0.05) is 82.9 Å². The Hall–Kier alpha value is -0.400. The quantitative estimate of drug-likeness (QED) is 0.340. The van der Waals surface area contributed by atoms with E-state index in [-0.39, 0.29) is 41.7 Å². The molecule has 0 unspecified atom stereocenters. The van der Waals surface area contributed by atoms with Gasteiger partial charge in [0.25, 0.3) is 0 Å². The number of unbranched alkanes of at least 4 members (excludes halogenated alkanes) is 9. The zero-order valence-electron chi connectivity index (χ0n) is 16.1. The van der Waals surface area contributed by atoms with Crippen LogP contribution in [0.5, 0.6) is 0 Å². The normalized spacial score (nSPS) is 11.0. The second kappa shape index (κ2) is 15.6. The van der Waals surface area contributed by atoms with Gasteiger partial charge in [0.1, 0.15) is 0 Å². The summed E-state index contributed by atoms with van der Waals surface area (Å²) >= 11 is 0. The number of rotatable bonds is 14. The SMILES string of the molecule is CCCCCCCCCCCCOS(=O)(=O)OC(=O)c1ccccc1.[Na]. The molecule has 0 aliphatic carbocycles. The van der Waals surface area contributed by atoms with Gasteiger partial charge in [0.15, 0.2) is 0 Å². The van der Waals surface area contributed by atoms with E-state index < -0.39 is 16.4 Å². The van der Waals surface area contributed by atoms with Gasteiger partial charge in [-0.3, -0.25) is 0 Å². The molecule has 26 heavy (non-hydrogen) atoms. The monoisotopic (exact) mass is 393 g/mol. The van der Waals surface area contributed by atoms with Crippen molar-refractivity contribution in [2.75, 3.05) is 6.61 Å². The van der Waals surface area contributed by atoms with Crippen LogP contribution in [-0.2, 0) is 18.8 Å². The van der Waals surface area contributed by atoms with E-state index in [0.29, 0.717) is 6.42 Å². The van der Waals surface area contributed by atoms with Crippen LogP contribution in [0.3, 0.4) is 0 Å². The summed E-state index contributed by atoms with van der Waals surface area (Å²) in [5, 5.41) is 0. The summed E-state index contributed by atoms with van der Waals surface area (Å²) in [6, 6.07) is 7.97. The van der Waals surface area contributed by atoms with Crippen molar-refractivity contribution in [1.29, 1.82) is 0 Å². The Morgan fingerprint density at radius 2 is 1.35 bits per heavy atom. The average Bonchev–Trinajstić information content (AvgIpc) is 2.60. The maximum atomic E-state index is 11.7. The summed E-state index contributed by atoms with van der Waals surface area (Å²) in [7, 11) is -4.29. The Morgan fingerprint density at radius 3 is 1.88 bits per heavy atom. The molecule has 0 spiro atoms. The molecule has 0 fully saturated rings. The van der Waals surface area contributed by atoms with Gasteiger partial charge in [-0.25, -0.2) is 8.98 Å². The molecule has 1 aromatic carbocycles. The van der Waals surface area contributed by atoms with Crippen molar-refractivity contribution < 1.29 is 21.6 Å². The standard InChI is InChI=1S/C19H30O5S.Na/c1-2-3-4-5-6-7-8-9-10-14-17-23-25(21,22)24-19(20)18-15-12-11-13-16-18;/h11-13,15-16H,2-10,14,17H2,1H3;. The molecule has 0 heterocycles. The van der Waals surface area contributed by atoms with E-state index in [2.05, 4.69) is 11.1 Å². The Bertz CT molecular complexity index is 575. The van der Waals surface area contributed by atoms with Gasteiger partial charge in [0.05, 0.1) is 12.2 Å². The minimum absolute atomic E-state index is 0. The van der Waals surface area contributed by atoms with Gasteiger partial charge in [0, 0.05) is 29.6 Å². The van der Waals surface area contributed by atoms with E-state index in [4.69, 9.17) is 4.18 Å². The second-order valence-electron chi connectivity index (χ2n) is 6.15. The van der Waals surface area contributed by atoms with E-state index in [0.717, 1.165) is 12.8 Å². The van der Waals surface area contributed by atoms with Crippen molar-refractivity contribution in [1.82, 2.24) is 0 Å². The summed E-state index contributed by atoms with van der Waals surface area (Å²) in [5.74, 6) is -0.927. The van der Waals surface area contributed by atoms with Crippen LogP contribution in [0.2, 0.25) is 0 Å². The molecule has 0 saturated heterocycles. The number of hydrogen-bond acceptors (Lipinski definition) is 5. The minimum Gasteiger partial charge on any atom is -0.320 e. The van der Waals surface area contributed by atoms with Gasteiger partial charge in [-0.2, -0.15) is 8.42 Å². The summed E-state index contributed by atoms with van der Waals surface area (Å²) in [5.41, 5.74) is 0.175. The topological polar surface area (TPSA) is 69.7 Å². The molecule has 0 aliphatic rings. The second-order valence-corrected chi connectivity index (χ2v) is 7.37. The van der Waals surface area contributed by atoms with E-state index in [1.807, 2.05) is 0 Å². The van der Waals surface area contributed by atoms with Crippen LogP contribution in [0.25, 0.3) is 0 Å².